The molecule has 3 heteroatoms. The van der Waals surface area contributed by atoms with Gasteiger partial charge in [0.15, 0.2) is 0 Å². The Hall–Kier alpha value is -0.670. The largest absolute Gasteiger partial charge is 0.398 e. The van der Waals surface area contributed by atoms with Gasteiger partial charge in [0, 0.05) is 20.7 Å². The molecular formula is C10H11NS2. The van der Waals surface area contributed by atoms with Crippen molar-refractivity contribution in [2.45, 2.75) is 18.2 Å². The Morgan fingerprint density at radius 3 is 3.00 bits per heavy atom. The first-order chi connectivity index (χ1) is 6.24. The van der Waals surface area contributed by atoms with Crippen molar-refractivity contribution in [3.8, 4) is 0 Å². The lowest BCUT2D eigenvalue weighted by atomic mass is 10.1. The van der Waals surface area contributed by atoms with Gasteiger partial charge in [0.2, 0.25) is 0 Å². The average Bonchev–Trinajstić information content (AvgIpc) is 2.60. The van der Waals surface area contributed by atoms with Crippen LogP contribution in [0, 0.1) is 0 Å². The molecule has 2 N–H and O–H groups in total. The van der Waals surface area contributed by atoms with E-state index in [0.29, 0.717) is 0 Å². The van der Waals surface area contributed by atoms with Gasteiger partial charge in [0.05, 0.1) is 0 Å². The molecule has 1 aromatic heterocycles. The predicted octanol–water partition coefficient (Wildman–Crippen LogP) is 3.33. The number of fused-ring (bicyclic) bond motifs is 1. The lowest BCUT2D eigenvalue weighted by Crippen LogP contribution is -1.93. The van der Waals surface area contributed by atoms with Crippen LogP contribution in [-0.4, -0.2) is 0 Å². The van der Waals surface area contributed by atoms with Crippen LogP contribution in [0.5, 0.6) is 0 Å². The Kier molecular flexibility index (Phi) is 2.22. The molecule has 0 saturated heterocycles. The van der Waals surface area contributed by atoms with E-state index in [9.17, 15) is 0 Å². The number of nitrogen functional groups attached to an aromatic ring is 1. The smallest absolute Gasteiger partial charge is 0.0496 e. The van der Waals surface area contributed by atoms with Gasteiger partial charge < -0.3 is 5.73 Å². The SMILES string of the molecule is CCc1cc(S)c2sccc2c1N. The highest BCUT2D eigenvalue weighted by Crippen LogP contribution is 2.34. The number of nitrogens with two attached hydrogens (primary N) is 1. The quantitative estimate of drug-likeness (QED) is 0.547. The summed E-state index contributed by atoms with van der Waals surface area (Å²) in [6.07, 6.45) is 0.963. The van der Waals surface area contributed by atoms with Gasteiger partial charge in [0.1, 0.15) is 0 Å². The zero-order valence-corrected chi connectivity index (χ0v) is 9.08. The molecule has 13 heavy (non-hydrogen) atoms. The van der Waals surface area contributed by atoms with E-state index in [-0.39, 0.29) is 0 Å². The molecule has 0 amide bonds. The Morgan fingerprint density at radius 1 is 1.54 bits per heavy atom. The molecule has 2 rings (SSSR count). The fraction of sp³-hybridized carbons (Fsp3) is 0.200. The highest BCUT2D eigenvalue weighted by atomic mass is 32.1. The molecule has 2 aromatic rings. The summed E-state index contributed by atoms with van der Waals surface area (Å²) >= 11 is 6.13. The first-order valence-electron chi connectivity index (χ1n) is 4.21. The van der Waals surface area contributed by atoms with E-state index in [2.05, 4.69) is 37.1 Å². The third-order valence-corrected chi connectivity index (χ3v) is 3.68. The number of rotatable bonds is 1. The number of thiophene rings is 1. The summed E-state index contributed by atoms with van der Waals surface area (Å²) in [5.41, 5.74) is 8.12. The summed E-state index contributed by atoms with van der Waals surface area (Å²) < 4.78 is 1.19. The number of hydrogen-bond donors (Lipinski definition) is 2. The zero-order chi connectivity index (χ0) is 9.42. The molecule has 0 atom stereocenters. The second-order valence-corrected chi connectivity index (χ2v) is 4.38. The summed E-state index contributed by atoms with van der Waals surface area (Å²) in [4.78, 5) is 1.04. The number of hydrogen-bond acceptors (Lipinski definition) is 3. The van der Waals surface area contributed by atoms with Gasteiger partial charge >= 0.3 is 0 Å². The predicted molar refractivity (Wildman–Crippen MR) is 62.9 cm³/mol. The van der Waals surface area contributed by atoms with Crippen molar-refractivity contribution in [2.24, 2.45) is 0 Å². The molecule has 68 valence electrons. The highest BCUT2D eigenvalue weighted by molar-refractivity contribution is 7.80. The standard InChI is InChI=1S/C10H11NS2/c1-2-6-5-8(12)10-7(9(6)11)3-4-13-10/h3-5,12H,2,11H2,1H3. The van der Waals surface area contributed by atoms with E-state index in [1.807, 2.05) is 0 Å². The maximum Gasteiger partial charge on any atom is 0.0496 e. The van der Waals surface area contributed by atoms with Crippen LogP contribution in [0.2, 0.25) is 0 Å². The molecule has 1 nitrogen and oxygen atoms in total. The van der Waals surface area contributed by atoms with Crippen molar-refractivity contribution >= 4 is 39.7 Å². The Bertz CT molecular complexity index is 445. The summed E-state index contributed by atoms with van der Waals surface area (Å²) in [6, 6.07) is 4.13. The van der Waals surface area contributed by atoms with Crippen molar-refractivity contribution < 1.29 is 0 Å². The van der Waals surface area contributed by atoms with Crippen LogP contribution in [-0.2, 0) is 6.42 Å². The van der Waals surface area contributed by atoms with Gasteiger partial charge in [0.25, 0.3) is 0 Å². The van der Waals surface area contributed by atoms with Gasteiger partial charge in [-0.2, -0.15) is 0 Å². The summed E-state index contributed by atoms with van der Waals surface area (Å²) in [6.45, 7) is 2.11. The van der Waals surface area contributed by atoms with Gasteiger partial charge in [-0.1, -0.05) is 6.92 Å². The molecule has 0 spiro atoms. The van der Waals surface area contributed by atoms with Crippen LogP contribution in [0.15, 0.2) is 22.4 Å². The molecule has 0 aliphatic rings. The summed E-state index contributed by atoms with van der Waals surface area (Å²) in [5, 5.41) is 3.20. The topological polar surface area (TPSA) is 26.0 Å². The van der Waals surface area contributed by atoms with E-state index >= 15 is 0 Å². The first-order valence-corrected chi connectivity index (χ1v) is 5.54. The van der Waals surface area contributed by atoms with Crippen LogP contribution in [0.3, 0.4) is 0 Å². The highest BCUT2D eigenvalue weighted by Gasteiger charge is 2.07. The Balaban J connectivity index is 2.85. The van der Waals surface area contributed by atoms with Gasteiger partial charge in [-0.05, 0) is 29.5 Å². The second-order valence-electron chi connectivity index (χ2n) is 2.99. The van der Waals surface area contributed by atoms with Gasteiger partial charge in [-0.25, -0.2) is 0 Å². The molecule has 0 bridgehead atoms. The van der Waals surface area contributed by atoms with Crippen molar-refractivity contribution in [1.82, 2.24) is 0 Å². The van der Waals surface area contributed by atoms with Crippen molar-refractivity contribution in [3.63, 3.8) is 0 Å². The minimum atomic E-state index is 0.913. The molecule has 0 aliphatic carbocycles. The van der Waals surface area contributed by atoms with E-state index in [1.54, 1.807) is 11.3 Å². The average molecular weight is 209 g/mol. The third kappa shape index (κ3) is 1.32. The number of anilines is 1. The zero-order valence-electron chi connectivity index (χ0n) is 7.37. The van der Waals surface area contributed by atoms with Gasteiger partial charge in [-0.3, -0.25) is 0 Å². The minimum absolute atomic E-state index is 0.913. The maximum atomic E-state index is 6.02. The van der Waals surface area contributed by atoms with E-state index < -0.39 is 0 Å². The number of thiol groups is 1. The van der Waals surface area contributed by atoms with Crippen LogP contribution in [0.1, 0.15) is 12.5 Å². The molecule has 0 aliphatic heterocycles. The molecule has 1 heterocycles. The third-order valence-electron chi connectivity index (χ3n) is 2.23. The Labute approximate surface area is 87.0 Å². The maximum absolute atomic E-state index is 6.02. The van der Waals surface area contributed by atoms with Crippen LogP contribution in [0.25, 0.3) is 10.1 Å². The van der Waals surface area contributed by atoms with E-state index in [1.165, 1.54) is 10.3 Å². The fourth-order valence-electron chi connectivity index (χ4n) is 1.49. The van der Waals surface area contributed by atoms with E-state index in [0.717, 1.165) is 22.4 Å². The Morgan fingerprint density at radius 2 is 2.31 bits per heavy atom. The molecular weight excluding hydrogens is 198 g/mol. The second kappa shape index (κ2) is 3.24. The lowest BCUT2D eigenvalue weighted by Gasteiger charge is -2.05. The fourth-order valence-corrected chi connectivity index (χ4v) is 2.75. The number of benzene rings is 1. The van der Waals surface area contributed by atoms with Gasteiger partial charge in [-0.15, -0.1) is 24.0 Å². The molecule has 0 fully saturated rings. The van der Waals surface area contributed by atoms with Crippen molar-refractivity contribution in [3.05, 3.63) is 23.1 Å². The van der Waals surface area contributed by atoms with Crippen LogP contribution >= 0.6 is 24.0 Å². The molecule has 0 saturated carbocycles. The first kappa shape index (κ1) is 8.91. The van der Waals surface area contributed by atoms with Crippen LogP contribution in [0.4, 0.5) is 5.69 Å². The summed E-state index contributed by atoms with van der Waals surface area (Å²) in [5.74, 6) is 0. The summed E-state index contributed by atoms with van der Waals surface area (Å²) in [7, 11) is 0. The van der Waals surface area contributed by atoms with Crippen LogP contribution < -0.4 is 5.73 Å². The lowest BCUT2D eigenvalue weighted by molar-refractivity contribution is 1.14. The normalized spacial score (nSPS) is 10.9. The van der Waals surface area contributed by atoms with Crippen molar-refractivity contribution in [1.29, 1.82) is 0 Å². The monoisotopic (exact) mass is 209 g/mol. The van der Waals surface area contributed by atoms with E-state index in [4.69, 9.17) is 5.73 Å². The number of aryl methyl sites for hydroxylation is 1. The van der Waals surface area contributed by atoms with Crippen molar-refractivity contribution in [2.75, 3.05) is 5.73 Å². The molecule has 1 aromatic carbocycles. The molecule has 0 radical (unpaired) electrons. The minimum Gasteiger partial charge on any atom is -0.398 e. The molecule has 0 unspecified atom stereocenters.